The molecule has 0 amide bonds. The Kier molecular flexibility index (Phi) is 4.60. The van der Waals surface area contributed by atoms with Crippen LogP contribution in [0.25, 0.3) is 0 Å². The Morgan fingerprint density at radius 3 is 2.00 bits per heavy atom. The van der Waals surface area contributed by atoms with Gasteiger partial charge in [-0.15, -0.1) is 0 Å². The average molecular weight is 148 g/mol. The Hall–Kier alpha value is -0.120. The molecule has 2 N–H and O–H groups in total. The first-order valence-corrected chi connectivity index (χ1v) is 3.51. The molecule has 0 fully saturated rings. The van der Waals surface area contributed by atoms with Crippen molar-refractivity contribution >= 4 is 0 Å². The van der Waals surface area contributed by atoms with Gasteiger partial charge in [-0.25, -0.2) is 0 Å². The largest absolute Gasteiger partial charge is 0.391 e. The smallest absolute Gasteiger partial charge is 0.156 e. The fourth-order valence-corrected chi connectivity index (χ4v) is 0.430. The lowest BCUT2D eigenvalue weighted by atomic mass is 10.2. The summed E-state index contributed by atoms with van der Waals surface area (Å²) in [6, 6.07) is 0. The van der Waals surface area contributed by atoms with Gasteiger partial charge in [-0.1, -0.05) is 13.8 Å². The van der Waals surface area contributed by atoms with Gasteiger partial charge in [0.1, 0.15) is 0 Å². The van der Waals surface area contributed by atoms with Crippen molar-refractivity contribution in [1.82, 2.24) is 0 Å². The molecule has 0 heterocycles. The van der Waals surface area contributed by atoms with E-state index >= 15 is 0 Å². The minimum atomic E-state index is -0.755. The van der Waals surface area contributed by atoms with Gasteiger partial charge in [0.25, 0.3) is 0 Å². The molecular weight excluding hydrogens is 132 g/mol. The van der Waals surface area contributed by atoms with E-state index in [-0.39, 0.29) is 12.5 Å². The van der Waals surface area contributed by atoms with E-state index in [4.69, 9.17) is 14.9 Å². The maximum Gasteiger partial charge on any atom is 0.156 e. The zero-order valence-electron chi connectivity index (χ0n) is 6.74. The minimum absolute atomic E-state index is 0.0822. The molecule has 2 atom stereocenters. The van der Waals surface area contributed by atoms with E-state index in [0.29, 0.717) is 0 Å². The van der Waals surface area contributed by atoms with Crippen molar-refractivity contribution in [3.8, 4) is 0 Å². The van der Waals surface area contributed by atoms with Gasteiger partial charge in [0.15, 0.2) is 6.29 Å². The van der Waals surface area contributed by atoms with E-state index in [0.717, 1.165) is 0 Å². The lowest BCUT2D eigenvalue weighted by molar-refractivity contribution is -0.142. The first kappa shape index (κ1) is 9.88. The van der Waals surface area contributed by atoms with Crippen LogP contribution >= 0.6 is 0 Å². The molecule has 0 aromatic carbocycles. The van der Waals surface area contributed by atoms with Gasteiger partial charge < -0.3 is 14.9 Å². The number of ether oxygens (including phenoxy) is 1. The first-order chi connectivity index (χ1) is 4.54. The molecule has 0 aliphatic heterocycles. The first-order valence-electron chi connectivity index (χ1n) is 3.51. The zero-order valence-corrected chi connectivity index (χ0v) is 6.74. The highest BCUT2D eigenvalue weighted by Gasteiger charge is 2.09. The monoisotopic (exact) mass is 148 g/mol. The summed E-state index contributed by atoms with van der Waals surface area (Å²) >= 11 is 0. The summed E-state index contributed by atoms with van der Waals surface area (Å²) in [5.41, 5.74) is 0. The number of rotatable bonds is 4. The second kappa shape index (κ2) is 4.66. The Morgan fingerprint density at radius 2 is 1.70 bits per heavy atom. The van der Waals surface area contributed by atoms with Crippen molar-refractivity contribution < 1.29 is 14.9 Å². The molecule has 0 aromatic rings. The summed E-state index contributed by atoms with van der Waals surface area (Å²) in [6.07, 6.45) is -1.26. The summed E-state index contributed by atoms with van der Waals surface area (Å²) in [6.45, 7) is 5.52. The van der Waals surface area contributed by atoms with Crippen LogP contribution in [0.5, 0.6) is 0 Å². The minimum Gasteiger partial charge on any atom is -0.391 e. The van der Waals surface area contributed by atoms with Gasteiger partial charge in [-0.3, -0.25) is 0 Å². The highest BCUT2D eigenvalue weighted by atomic mass is 16.6. The van der Waals surface area contributed by atoms with Crippen molar-refractivity contribution in [2.24, 2.45) is 5.92 Å². The number of aliphatic hydroxyl groups excluding tert-OH is 2. The summed E-state index contributed by atoms with van der Waals surface area (Å²) in [4.78, 5) is 0. The highest BCUT2D eigenvalue weighted by Crippen LogP contribution is 2.02. The highest BCUT2D eigenvalue weighted by molar-refractivity contribution is 4.49. The second-order valence-electron chi connectivity index (χ2n) is 2.82. The fourth-order valence-electron chi connectivity index (χ4n) is 0.430. The van der Waals surface area contributed by atoms with Crippen LogP contribution in [-0.2, 0) is 4.74 Å². The third kappa shape index (κ3) is 4.73. The third-order valence-electron chi connectivity index (χ3n) is 1.08. The molecule has 0 spiro atoms. The van der Waals surface area contributed by atoms with Crippen LogP contribution in [0.3, 0.4) is 0 Å². The van der Waals surface area contributed by atoms with E-state index in [9.17, 15) is 0 Å². The van der Waals surface area contributed by atoms with E-state index < -0.39 is 12.4 Å². The van der Waals surface area contributed by atoms with Crippen molar-refractivity contribution in [2.45, 2.75) is 33.2 Å². The van der Waals surface area contributed by atoms with E-state index in [1.807, 2.05) is 13.8 Å². The molecule has 0 saturated carbocycles. The molecule has 0 bridgehead atoms. The summed E-state index contributed by atoms with van der Waals surface area (Å²) in [5, 5.41) is 17.8. The molecule has 0 aliphatic carbocycles. The summed E-state index contributed by atoms with van der Waals surface area (Å²) in [5.74, 6) is 0.0822. The van der Waals surface area contributed by atoms with Gasteiger partial charge in [-0.2, -0.15) is 0 Å². The van der Waals surface area contributed by atoms with Crippen molar-refractivity contribution in [2.75, 3.05) is 6.61 Å². The standard InChI is InChI=1S/C7H16O3/c1-5(2)7(9)10-4-6(3)8/h5-9H,4H2,1-3H3/t6-,7-/m0/s1. The van der Waals surface area contributed by atoms with Crippen molar-refractivity contribution in [3.63, 3.8) is 0 Å². The predicted octanol–water partition coefficient (Wildman–Crippen LogP) is 0.358. The lowest BCUT2D eigenvalue weighted by Gasteiger charge is -2.15. The van der Waals surface area contributed by atoms with Crippen LogP contribution in [-0.4, -0.2) is 29.2 Å². The molecule has 0 aromatic heterocycles. The molecule has 3 nitrogen and oxygen atoms in total. The van der Waals surface area contributed by atoms with Crippen molar-refractivity contribution in [3.05, 3.63) is 0 Å². The fraction of sp³-hybridized carbons (Fsp3) is 1.00. The Morgan fingerprint density at radius 1 is 1.20 bits per heavy atom. The molecule has 0 unspecified atom stereocenters. The van der Waals surface area contributed by atoms with Crippen LogP contribution in [0.1, 0.15) is 20.8 Å². The molecular formula is C7H16O3. The van der Waals surface area contributed by atoms with Crippen LogP contribution in [0.2, 0.25) is 0 Å². The Labute approximate surface area is 61.6 Å². The van der Waals surface area contributed by atoms with Gasteiger partial charge >= 0.3 is 0 Å². The van der Waals surface area contributed by atoms with E-state index in [2.05, 4.69) is 0 Å². The number of hydrogen-bond acceptors (Lipinski definition) is 3. The summed E-state index contributed by atoms with van der Waals surface area (Å²) < 4.78 is 4.87. The summed E-state index contributed by atoms with van der Waals surface area (Å²) in [7, 11) is 0. The third-order valence-corrected chi connectivity index (χ3v) is 1.08. The molecule has 62 valence electrons. The van der Waals surface area contributed by atoms with E-state index in [1.54, 1.807) is 6.92 Å². The van der Waals surface area contributed by atoms with Gasteiger partial charge in [0, 0.05) is 5.92 Å². The normalized spacial score (nSPS) is 17.4. The zero-order chi connectivity index (χ0) is 8.15. The average Bonchev–Trinajstić information content (AvgIpc) is 1.82. The maximum absolute atomic E-state index is 9.04. The van der Waals surface area contributed by atoms with Crippen LogP contribution in [0.4, 0.5) is 0 Å². The van der Waals surface area contributed by atoms with Crippen molar-refractivity contribution in [1.29, 1.82) is 0 Å². The number of aliphatic hydroxyl groups is 2. The van der Waals surface area contributed by atoms with Crippen LogP contribution in [0.15, 0.2) is 0 Å². The SMILES string of the molecule is CC(C)[C@@H](O)OC[C@H](C)O. The quantitative estimate of drug-likeness (QED) is 0.566. The predicted molar refractivity (Wildman–Crippen MR) is 38.5 cm³/mol. The molecule has 10 heavy (non-hydrogen) atoms. The molecule has 0 saturated heterocycles. The topological polar surface area (TPSA) is 49.7 Å². The number of hydrogen-bond donors (Lipinski definition) is 2. The maximum atomic E-state index is 9.04. The molecule has 3 heteroatoms. The molecule has 0 aliphatic rings. The second-order valence-corrected chi connectivity index (χ2v) is 2.82. The Bertz CT molecular complexity index is 80.9. The Balaban J connectivity index is 3.30. The van der Waals surface area contributed by atoms with Gasteiger partial charge in [0.05, 0.1) is 12.7 Å². The van der Waals surface area contributed by atoms with Crippen LogP contribution in [0, 0.1) is 5.92 Å². The van der Waals surface area contributed by atoms with E-state index in [1.165, 1.54) is 0 Å². The molecule has 0 radical (unpaired) electrons. The van der Waals surface area contributed by atoms with Gasteiger partial charge in [0.2, 0.25) is 0 Å². The lowest BCUT2D eigenvalue weighted by Crippen LogP contribution is -2.23. The molecule has 0 rings (SSSR count). The van der Waals surface area contributed by atoms with Gasteiger partial charge in [-0.05, 0) is 6.92 Å². The van der Waals surface area contributed by atoms with Crippen LogP contribution < -0.4 is 0 Å².